The Morgan fingerprint density at radius 1 is 1.25 bits per heavy atom. The second kappa shape index (κ2) is 6.79. The van der Waals surface area contributed by atoms with Crippen molar-refractivity contribution in [1.29, 1.82) is 0 Å². The number of rotatable bonds is 5. The molecular weight excluding hydrogens is 230 g/mol. The van der Waals surface area contributed by atoms with Gasteiger partial charge < -0.3 is 10.6 Å². The number of carbonyl (C=O) groups is 2. The van der Waals surface area contributed by atoms with Crippen molar-refractivity contribution in [3.05, 3.63) is 30.1 Å². The molecule has 1 rings (SSSR count). The minimum Gasteiger partial charge on any atom is -0.349 e. The van der Waals surface area contributed by atoms with Gasteiger partial charge in [-0.2, -0.15) is 0 Å². The van der Waals surface area contributed by atoms with Gasteiger partial charge in [0.2, 0.25) is 11.8 Å². The van der Waals surface area contributed by atoms with Crippen LogP contribution in [-0.4, -0.2) is 29.2 Å². The van der Waals surface area contributed by atoms with Gasteiger partial charge in [0.25, 0.3) is 0 Å². The van der Waals surface area contributed by atoms with Gasteiger partial charge in [0.05, 0.1) is 18.8 Å². The second-order valence-electron chi connectivity index (χ2n) is 3.01. The first-order valence-electron chi connectivity index (χ1n) is 4.71. The summed E-state index contributed by atoms with van der Waals surface area (Å²) in [4.78, 5) is 26.0. The van der Waals surface area contributed by atoms with Crippen molar-refractivity contribution in [2.24, 2.45) is 0 Å². The van der Waals surface area contributed by atoms with Crippen LogP contribution in [0.5, 0.6) is 0 Å². The van der Waals surface area contributed by atoms with Crippen LogP contribution in [0.2, 0.25) is 0 Å². The summed E-state index contributed by atoms with van der Waals surface area (Å²) in [7, 11) is 0. The molecule has 0 saturated heterocycles. The lowest BCUT2D eigenvalue weighted by Gasteiger charge is -2.05. The number of nitrogens with zero attached hydrogens (tertiary/aromatic N) is 1. The van der Waals surface area contributed by atoms with Gasteiger partial charge in [0.15, 0.2) is 0 Å². The van der Waals surface area contributed by atoms with Crippen molar-refractivity contribution in [2.45, 2.75) is 6.54 Å². The van der Waals surface area contributed by atoms with Gasteiger partial charge >= 0.3 is 0 Å². The highest BCUT2D eigenvalue weighted by Crippen LogP contribution is 1.91. The molecule has 5 nitrogen and oxygen atoms in total. The lowest BCUT2D eigenvalue weighted by Crippen LogP contribution is -2.37. The highest BCUT2D eigenvalue weighted by Gasteiger charge is 2.03. The van der Waals surface area contributed by atoms with Crippen molar-refractivity contribution < 1.29 is 9.59 Å². The topological polar surface area (TPSA) is 71.1 Å². The fourth-order valence-corrected chi connectivity index (χ4v) is 1.07. The van der Waals surface area contributed by atoms with Crippen LogP contribution in [0, 0.1) is 0 Å². The number of carbonyl (C=O) groups excluding carboxylic acids is 2. The number of alkyl halides is 1. The molecule has 2 amide bonds. The predicted octanol–water partition coefficient (Wildman–Crippen LogP) is 0.0528. The SMILES string of the molecule is O=C(CCl)NCC(=O)NCc1ccccn1. The maximum absolute atomic E-state index is 11.2. The van der Waals surface area contributed by atoms with Crippen molar-refractivity contribution in [3.8, 4) is 0 Å². The van der Waals surface area contributed by atoms with Crippen LogP contribution in [0.4, 0.5) is 0 Å². The van der Waals surface area contributed by atoms with E-state index in [1.165, 1.54) is 0 Å². The third-order valence-corrected chi connectivity index (χ3v) is 2.00. The summed E-state index contributed by atoms with van der Waals surface area (Å²) in [5.74, 6) is -0.785. The Morgan fingerprint density at radius 2 is 2.06 bits per heavy atom. The zero-order valence-corrected chi connectivity index (χ0v) is 9.33. The molecule has 0 saturated carbocycles. The molecule has 0 radical (unpaired) electrons. The van der Waals surface area contributed by atoms with Gasteiger partial charge in [0, 0.05) is 6.20 Å². The normalized spacial score (nSPS) is 9.56. The summed E-state index contributed by atoms with van der Waals surface area (Å²) in [5, 5.41) is 4.98. The first-order valence-corrected chi connectivity index (χ1v) is 5.25. The molecule has 0 bridgehead atoms. The number of pyridine rings is 1. The number of hydrogen-bond acceptors (Lipinski definition) is 3. The van der Waals surface area contributed by atoms with E-state index in [0.29, 0.717) is 6.54 Å². The molecule has 0 aliphatic rings. The minimum absolute atomic E-state index is 0.0710. The highest BCUT2D eigenvalue weighted by atomic mass is 35.5. The van der Waals surface area contributed by atoms with Crippen molar-refractivity contribution in [2.75, 3.05) is 12.4 Å². The Balaban J connectivity index is 2.23. The lowest BCUT2D eigenvalue weighted by molar-refractivity contribution is -0.124. The van der Waals surface area contributed by atoms with Crippen LogP contribution >= 0.6 is 11.6 Å². The zero-order chi connectivity index (χ0) is 11.8. The Bertz CT molecular complexity index is 356. The quantitative estimate of drug-likeness (QED) is 0.716. The Morgan fingerprint density at radius 3 is 2.69 bits per heavy atom. The summed E-state index contributed by atoms with van der Waals surface area (Å²) < 4.78 is 0. The average Bonchev–Trinajstić information content (AvgIpc) is 2.34. The summed E-state index contributed by atoms with van der Waals surface area (Å²) in [5.41, 5.74) is 0.763. The van der Waals surface area contributed by atoms with Gasteiger partial charge in [-0.15, -0.1) is 11.6 Å². The van der Waals surface area contributed by atoms with Crippen LogP contribution in [0.1, 0.15) is 5.69 Å². The van der Waals surface area contributed by atoms with E-state index in [-0.39, 0.29) is 24.2 Å². The molecular formula is C10H12ClN3O2. The van der Waals surface area contributed by atoms with Gasteiger partial charge in [-0.1, -0.05) is 6.07 Å². The summed E-state index contributed by atoms with van der Waals surface area (Å²) >= 11 is 5.25. The van der Waals surface area contributed by atoms with Gasteiger partial charge in [-0.3, -0.25) is 14.6 Å². The number of nitrogens with one attached hydrogen (secondary N) is 2. The smallest absolute Gasteiger partial charge is 0.239 e. The van der Waals surface area contributed by atoms with Crippen molar-refractivity contribution in [1.82, 2.24) is 15.6 Å². The minimum atomic E-state index is -0.366. The number of halogens is 1. The lowest BCUT2D eigenvalue weighted by atomic mass is 10.3. The molecule has 1 aromatic rings. The molecule has 16 heavy (non-hydrogen) atoms. The molecule has 1 aromatic heterocycles. The van der Waals surface area contributed by atoms with Crippen molar-refractivity contribution >= 4 is 23.4 Å². The van der Waals surface area contributed by atoms with E-state index in [2.05, 4.69) is 15.6 Å². The van der Waals surface area contributed by atoms with E-state index in [4.69, 9.17) is 11.6 Å². The Kier molecular flexibility index (Phi) is 5.28. The maximum atomic E-state index is 11.2. The number of hydrogen-bond donors (Lipinski definition) is 2. The average molecular weight is 242 g/mol. The van der Waals surface area contributed by atoms with E-state index in [9.17, 15) is 9.59 Å². The van der Waals surface area contributed by atoms with Gasteiger partial charge in [0.1, 0.15) is 5.88 Å². The van der Waals surface area contributed by atoms with Crippen LogP contribution < -0.4 is 10.6 Å². The molecule has 0 unspecified atom stereocenters. The summed E-state index contributed by atoms with van der Waals surface area (Å²) in [6, 6.07) is 5.44. The fraction of sp³-hybridized carbons (Fsp3) is 0.300. The first kappa shape index (κ1) is 12.4. The molecule has 2 N–H and O–H groups in total. The fourth-order valence-electron chi connectivity index (χ4n) is 0.980. The maximum Gasteiger partial charge on any atom is 0.239 e. The highest BCUT2D eigenvalue weighted by molar-refractivity contribution is 6.27. The standard InChI is InChI=1S/C10H12ClN3O2/c11-5-9(15)14-7-10(16)13-6-8-3-1-2-4-12-8/h1-4H,5-7H2,(H,13,16)(H,14,15). The Hall–Kier alpha value is -1.62. The van der Waals surface area contributed by atoms with Gasteiger partial charge in [-0.25, -0.2) is 0 Å². The molecule has 0 fully saturated rings. The van der Waals surface area contributed by atoms with E-state index < -0.39 is 0 Å². The zero-order valence-electron chi connectivity index (χ0n) is 8.57. The van der Waals surface area contributed by atoms with Gasteiger partial charge in [-0.05, 0) is 12.1 Å². The van der Waals surface area contributed by atoms with Crippen LogP contribution in [0.3, 0.4) is 0 Å². The molecule has 0 spiro atoms. The largest absolute Gasteiger partial charge is 0.349 e. The Labute approximate surface area is 98.2 Å². The van der Waals surface area contributed by atoms with Crippen LogP contribution in [0.15, 0.2) is 24.4 Å². The third-order valence-electron chi connectivity index (χ3n) is 1.76. The summed E-state index contributed by atoms with van der Waals surface area (Å²) in [6.45, 7) is 0.273. The van der Waals surface area contributed by atoms with E-state index in [1.54, 1.807) is 18.3 Å². The third kappa shape index (κ3) is 4.75. The number of amides is 2. The molecule has 86 valence electrons. The summed E-state index contributed by atoms with van der Waals surface area (Å²) in [6.07, 6.45) is 1.65. The predicted molar refractivity (Wildman–Crippen MR) is 59.8 cm³/mol. The molecule has 1 heterocycles. The van der Waals surface area contributed by atoms with E-state index in [0.717, 1.165) is 5.69 Å². The molecule has 0 atom stereocenters. The monoisotopic (exact) mass is 241 g/mol. The number of aromatic nitrogens is 1. The molecule has 0 aliphatic carbocycles. The van der Waals surface area contributed by atoms with Crippen molar-refractivity contribution in [3.63, 3.8) is 0 Å². The van der Waals surface area contributed by atoms with Crippen LogP contribution in [0.25, 0.3) is 0 Å². The molecule has 6 heteroatoms. The second-order valence-corrected chi connectivity index (χ2v) is 3.28. The molecule has 0 aliphatic heterocycles. The molecule has 0 aromatic carbocycles. The van der Waals surface area contributed by atoms with Crippen LogP contribution in [-0.2, 0) is 16.1 Å². The first-order chi connectivity index (χ1) is 7.72. The van der Waals surface area contributed by atoms with E-state index in [1.807, 2.05) is 6.07 Å². The van der Waals surface area contributed by atoms with E-state index >= 15 is 0 Å².